The Morgan fingerprint density at radius 2 is 0.296 bits per heavy atom. The molecule has 0 bridgehead atoms. The van der Waals surface area contributed by atoms with Gasteiger partial charge in [0.15, 0.2) is 0 Å². The standard InChI is InChI=1S/2C32H68P.H3O4P/c2*1-5-9-13-17-21-25-29-33(30-26-22-18-14-10-6-2,31-27-23-19-15-11-7-3)32-28-24-20-16-12-8-4;1-5(2,3)4/h2*5-32H2,1-4H3;(H3,1,2,3,4)/q2*+1;/p-2. The van der Waals surface area contributed by atoms with Crippen molar-refractivity contribution in [3.63, 3.8) is 0 Å². The molecule has 0 amide bonds. The molecule has 0 aromatic heterocycles. The third-order valence-corrected chi connectivity index (χ3v) is 26.0. The molecule has 0 saturated heterocycles. The first kappa shape index (κ1) is 76.2. The summed E-state index contributed by atoms with van der Waals surface area (Å²) in [4.78, 5) is 25.6. The van der Waals surface area contributed by atoms with Crippen LogP contribution in [0.3, 0.4) is 0 Å². The molecule has 0 aromatic rings. The van der Waals surface area contributed by atoms with Crippen molar-refractivity contribution >= 4 is 22.3 Å². The van der Waals surface area contributed by atoms with Gasteiger partial charge in [0.25, 0.3) is 0 Å². The van der Waals surface area contributed by atoms with E-state index in [4.69, 9.17) is 19.2 Å². The average molecular weight is 1060 g/mol. The zero-order chi connectivity index (χ0) is 53.1. The first-order valence-electron chi connectivity index (χ1n) is 32.9. The molecule has 7 heteroatoms. The Morgan fingerprint density at radius 3 is 0.394 bits per heavy atom. The van der Waals surface area contributed by atoms with Gasteiger partial charge in [0.2, 0.25) is 0 Å². The molecule has 0 rings (SSSR count). The second kappa shape index (κ2) is 61.8. The van der Waals surface area contributed by atoms with Gasteiger partial charge in [0, 0.05) is 14.5 Å². The average Bonchev–Trinajstić information content (AvgIpc) is 3.35. The normalized spacial score (nSPS) is 12.0. The van der Waals surface area contributed by atoms with E-state index in [1.54, 1.807) is 101 Å². The summed E-state index contributed by atoms with van der Waals surface area (Å²) in [5.41, 5.74) is 0. The summed E-state index contributed by atoms with van der Waals surface area (Å²) in [5, 5.41) is 0. The number of unbranched alkanes of at least 4 members (excludes halogenated alkanes) is 40. The summed E-state index contributed by atoms with van der Waals surface area (Å²) in [7, 11) is -6.83. The molecule has 432 valence electrons. The zero-order valence-electron chi connectivity index (χ0n) is 51.6. The van der Waals surface area contributed by atoms with E-state index in [2.05, 4.69) is 55.4 Å². The summed E-state index contributed by atoms with van der Waals surface area (Å²) in [6.07, 6.45) is 84.3. The minimum absolute atomic E-state index is 0. The Hall–Kier alpha value is 0.970. The molecule has 0 aliphatic rings. The van der Waals surface area contributed by atoms with E-state index in [-0.39, 0.29) is 1.43 Å². The summed E-state index contributed by atoms with van der Waals surface area (Å²) in [6.45, 7) is 18.8. The Balaban J connectivity index is -0.000000578. The van der Waals surface area contributed by atoms with Crippen LogP contribution in [0.2, 0.25) is 0 Å². The van der Waals surface area contributed by atoms with Gasteiger partial charge < -0.3 is 19.2 Å². The molecule has 0 saturated carbocycles. The van der Waals surface area contributed by atoms with Gasteiger partial charge in [-0.05, 0) is 103 Å². The molecule has 0 spiro atoms. The molecular weight excluding hydrogens is 926 g/mol. The largest absolute Gasteiger partial charge is 1.00 e. The number of hydrogen-bond donors (Lipinski definition) is 0. The van der Waals surface area contributed by atoms with Crippen LogP contribution in [-0.4, -0.2) is 49.3 Å². The first-order valence-corrected chi connectivity index (χ1v) is 39.4. The van der Waals surface area contributed by atoms with Crippen molar-refractivity contribution in [2.45, 2.75) is 364 Å². The molecule has 0 atom stereocenters. The van der Waals surface area contributed by atoms with E-state index in [0.29, 0.717) is 0 Å². The highest BCUT2D eigenvalue weighted by atomic mass is 31.2. The van der Waals surface area contributed by atoms with Crippen LogP contribution >= 0.6 is 22.3 Å². The molecular formula is C64H137O4P3. The molecule has 0 unspecified atom stereocenters. The van der Waals surface area contributed by atoms with E-state index in [1.807, 2.05) is 0 Å². The Bertz CT molecular complexity index is 797. The van der Waals surface area contributed by atoms with Crippen LogP contribution in [0.25, 0.3) is 0 Å². The lowest BCUT2D eigenvalue weighted by atomic mass is 10.1. The van der Waals surface area contributed by atoms with Gasteiger partial charge in [-0.3, -0.25) is 0 Å². The molecule has 71 heavy (non-hydrogen) atoms. The van der Waals surface area contributed by atoms with Gasteiger partial charge in [0.05, 0.1) is 49.3 Å². The van der Waals surface area contributed by atoms with E-state index >= 15 is 0 Å². The van der Waals surface area contributed by atoms with E-state index < -0.39 is 22.3 Å². The van der Waals surface area contributed by atoms with Crippen molar-refractivity contribution < 1.29 is 20.7 Å². The van der Waals surface area contributed by atoms with E-state index in [1.165, 1.54) is 257 Å². The molecule has 0 heterocycles. The van der Waals surface area contributed by atoms with Crippen LogP contribution in [0, 0.1) is 0 Å². The lowest BCUT2D eigenvalue weighted by Gasteiger charge is -2.36. The first-order chi connectivity index (χ1) is 34.5. The highest BCUT2D eigenvalue weighted by Crippen LogP contribution is 2.62. The predicted molar refractivity (Wildman–Crippen MR) is 329 cm³/mol. The highest BCUT2D eigenvalue weighted by Gasteiger charge is 2.36. The molecule has 0 fully saturated rings. The molecule has 0 N–H and O–H groups in total. The van der Waals surface area contributed by atoms with Gasteiger partial charge in [-0.15, -0.1) is 0 Å². The maximum Gasteiger partial charge on any atom is 1.00 e. The highest BCUT2D eigenvalue weighted by molar-refractivity contribution is 7.76. The van der Waals surface area contributed by atoms with Crippen molar-refractivity contribution in [3.05, 3.63) is 0 Å². The lowest BCUT2D eigenvalue weighted by Crippen LogP contribution is -2.24. The van der Waals surface area contributed by atoms with E-state index in [9.17, 15) is 0 Å². The fourth-order valence-electron chi connectivity index (χ4n) is 11.2. The van der Waals surface area contributed by atoms with Crippen LogP contribution in [0.5, 0.6) is 0 Å². The molecule has 0 aliphatic heterocycles. The number of phosphoric acid groups is 1. The summed E-state index contributed by atoms with van der Waals surface area (Å²) < 4.78 is 8.55. The third-order valence-electron chi connectivity index (χ3n) is 15.9. The van der Waals surface area contributed by atoms with Crippen molar-refractivity contribution in [1.29, 1.82) is 0 Å². The Labute approximate surface area is 453 Å². The quantitative estimate of drug-likeness (QED) is 0.0449. The number of rotatable bonds is 56. The minimum Gasteiger partial charge on any atom is -0.822 e. The second-order valence-corrected chi connectivity index (χ2v) is 32.9. The lowest BCUT2D eigenvalue weighted by molar-refractivity contribution is -0.432. The maximum atomic E-state index is 8.55. The van der Waals surface area contributed by atoms with Crippen LogP contribution in [0.1, 0.15) is 365 Å². The smallest absolute Gasteiger partial charge is 0.822 e. The third kappa shape index (κ3) is 63.4. The van der Waals surface area contributed by atoms with Crippen LogP contribution < -0.4 is 14.7 Å². The Morgan fingerprint density at radius 1 is 0.211 bits per heavy atom. The second-order valence-electron chi connectivity index (χ2n) is 23.1. The van der Waals surface area contributed by atoms with Crippen molar-refractivity contribution in [2.75, 3.05) is 49.3 Å². The van der Waals surface area contributed by atoms with Crippen LogP contribution in [-0.2, 0) is 4.57 Å². The fraction of sp³-hybridized carbons (Fsp3) is 1.00. The molecule has 0 aliphatic carbocycles. The summed E-state index contributed by atoms with van der Waals surface area (Å²) in [5.74, 6) is 0. The summed E-state index contributed by atoms with van der Waals surface area (Å²) >= 11 is 0. The van der Waals surface area contributed by atoms with Crippen LogP contribution in [0.4, 0.5) is 0 Å². The minimum atomic E-state index is -5.39. The topological polar surface area (TPSA) is 86.2 Å². The van der Waals surface area contributed by atoms with Gasteiger partial charge in [0.1, 0.15) is 0 Å². The van der Waals surface area contributed by atoms with Crippen molar-refractivity contribution in [2.24, 2.45) is 0 Å². The molecule has 4 nitrogen and oxygen atoms in total. The zero-order valence-corrected chi connectivity index (χ0v) is 53.3. The van der Waals surface area contributed by atoms with Gasteiger partial charge in [-0.25, -0.2) is 0 Å². The molecule has 0 aromatic carbocycles. The van der Waals surface area contributed by atoms with Gasteiger partial charge >= 0.3 is 1.43 Å². The Kier molecular flexibility index (Phi) is 66.4. The van der Waals surface area contributed by atoms with Crippen molar-refractivity contribution in [3.8, 4) is 0 Å². The maximum absolute atomic E-state index is 8.55. The SMILES string of the molecule is CCCCCCCC[P+](CCCCCCCC)(CCCCCCCC)CCCCCCCC.CCCCCCCC[P+](CCCCCCCC)(CCCCCCCC)CCCCCCCC.O=P([O-])([O-])[O-].[H+]. The predicted octanol–water partition coefficient (Wildman–Crippen LogP) is 22.2. The van der Waals surface area contributed by atoms with E-state index in [0.717, 1.165) is 0 Å². The van der Waals surface area contributed by atoms with Gasteiger partial charge in [-0.1, -0.05) is 261 Å². The van der Waals surface area contributed by atoms with Crippen LogP contribution in [0.15, 0.2) is 0 Å². The fourth-order valence-corrected chi connectivity index (χ4v) is 21.0. The van der Waals surface area contributed by atoms with Gasteiger partial charge in [-0.2, -0.15) is 7.82 Å². The molecule has 0 radical (unpaired) electrons. The van der Waals surface area contributed by atoms with Crippen molar-refractivity contribution in [1.82, 2.24) is 0 Å². The monoisotopic (exact) mass is 1060 g/mol. The summed E-state index contributed by atoms with van der Waals surface area (Å²) in [6, 6.07) is 0. The number of hydrogen-bond acceptors (Lipinski definition) is 4.